The minimum atomic E-state index is -1.05. The fourth-order valence-electron chi connectivity index (χ4n) is 4.84. The molecule has 1 unspecified atom stereocenters. The van der Waals surface area contributed by atoms with E-state index in [0.29, 0.717) is 60.1 Å². The normalized spacial score (nSPS) is 13.8. The smallest absolute Gasteiger partial charge is 0.323 e. The zero-order chi connectivity index (χ0) is 31.6. The van der Waals surface area contributed by atoms with Crippen molar-refractivity contribution in [2.45, 2.75) is 38.6 Å². The fraction of sp³-hybridized carbons (Fsp3) is 0.344. The van der Waals surface area contributed by atoms with Gasteiger partial charge in [-0.15, -0.1) is 0 Å². The number of ether oxygens (including phenoxy) is 2. The monoisotopic (exact) mass is 603 g/mol. The molecule has 4 amide bonds. The molecule has 0 spiro atoms. The molecule has 4 N–H and O–H groups in total. The maximum Gasteiger partial charge on any atom is 0.323 e. The number of carboxylic acid groups (broad SMARTS) is 1. The van der Waals surface area contributed by atoms with Crippen molar-refractivity contribution in [3.05, 3.63) is 77.5 Å². The van der Waals surface area contributed by atoms with E-state index in [1.807, 2.05) is 25.1 Å². The SMILES string of the molecule is COc1cc(CC(=O)N(C)c2ccc(C(CC(=O)O)NC(=O)C3CCOCC3)cn2)ccc1NC(=O)Nc1ccccc1C. The van der Waals surface area contributed by atoms with E-state index < -0.39 is 18.0 Å². The van der Waals surface area contributed by atoms with Gasteiger partial charge in [-0.1, -0.05) is 30.3 Å². The number of aliphatic carboxylic acids is 1. The summed E-state index contributed by atoms with van der Waals surface area (Å²) in [6, 6.07) is 14.6. The summed E-state index contributed by atoms with van der Waals surface area (Å²) >= 11 is 0. The number of benzene rings is 2. The van der Waals surface area contributed by atoms with Gasteiger partial charge in [0.05, 0.1) is 31.7 Å². The number of nitrogens with zero attached hydrogens (tertiary/aromatic N) is 2. The number of nitrogens with one attached hydrogen (secondary N) is 3. The number of urea groups is 1. The predicted molar refractivity (Wildman–Crippen MR) is 165 cm³/mol. The molecule has 0 saturated carbocycles. The Hall–Kier alpha value is -4.97. The number of amides is 4. The van der Waals surface area contributed by atoms with Crippen molar-refractivity contribution in [1.82, 2.24) is 10.3 Å². The van der Waals surface area contributed by atoms with Crippen molar-refractivity contribution < 1.29 is 33.8 Å². The summed E-state index contributed by atoms with van der Waals surface area (Å²) in [5.74, 6) is -0.980. The van der Waals surface area contributed by atoms with Gasteiger partial charge in [-0.3, -0.25) is 19.3 Å². The Morgan fingerprint density at radius 1 is 1.05 bits per heavy atom. The number of aromatic nitrogens is 1. The first kappa shape index (κ1) is 32.0. The van der Waals surface area contributed by atoms with Crippen LogP contribution in [0.1, 0.15) is 42.0 Å². The van der Waals surface area contributed by atoms with Gasteiger partial charge in [-0.2, -0.15) is 0 Å². The van der Waals surface area contributed by atoms with Crippen LogP contribution in [0.4, 0.5) is 22.0 Å². The van der Waals surface area contributed by atoms with Gasteiger partial charge >= 0.3 is 12.0 Å². The van der Waals surface area contributed by atoms with Crippen molar-refractivity contribution in [3.8, 4) is 5.75 Å². The molecule has 12 heteroatoms. The number of hydrogen-bond donors (Lipinski definition) is 4. The van der Waals surface area contributed by atoms with Gasteiger partial charge in [0, 0.05) is 38.1 Å². The number of aryl methyl sites for hydroxylation is 1. The first-order valence-corrected chi connectivity index (χ1v) is 14.3. The largest absolute Gasteiger partial charge is 0.495 e. The molecule has 1 fully saturated rings. The lowest BCUT2D eigenvalue weighted by Crippen LogP contribution is -2.37. The van der Waals surface area contributed by atoms with Crippen molar-refractivity contribution in [3.63, 3.8) is 0 Å². The van der Waals surface area contributed by atoms with E-state index in [1.165, 1.54) is 18.2 Å². The van der Waals surface area contributed by atoms with Crippen LogP contribution in [0.5, 0.6) is 5.75 Å². The molecule has 2 heterocycles. The van der Waals surface area contributed by atoms with E-state index in [2.05, 4.69) is 20.9 Å². The summed E-state index contributed by atoms with van der Waals surface area (Å²) in [5, 5.41) is 17.8. The molecule has 1 aromatic heterocycles. The van der Waals surface area contributed by atoms with Crippen LogP contribution in [-0.4, -0.2) is 61.3 Å². The van der Waals surface area contributed by atoms with E-state index in [1.54, 1.807) is 43.4 Å². The molecule has 3 aromatic rings. The van der Waals surface area contributed by atoms with E-state index >= 15 is 0 Å². The molecule has 1 aliphatic rings. The minimum Gasteiger partial charge on any atom is -0.495 e. The van der Waals surface area contributed by atoms with Crippen molar-refractivity contribution in [2.24, 2.45) is 5.92 Å². The number of carboxylic acids is 1. The van der Waals surface area contributed by atoms with Crippen LogP contribution in [0.2, 0.25) is 0 Å². The summed E-state index contributed by atoms with van der Waals surface area (Å²) < 4.78 is 10.8. The van der Waals surface area contributed by atoms with E-state index in [0.717, 1.165) is 5.56 Å². The maximum absolute atomic E-state index is 13.1. The summed E-state index contributed by atoms with van der Waals surface area (Å²) in [7, 11) is 3.07. The number of methoxy groups -OCH3 is 1. The van der Waals surface area contributed by atoms with Gasteiger partial charge in [0.25, 0.3) is 0 Å². The highest BCUT2D eigenvalue weighted by Gasteiger charge is 2.26. The maximum atomic E-state index is 13.1. The van der Waals surface area contributed by atoms with Crippen LogP contribution in [0.15, 0.2) is 60.8 Å². The highest BCUT2D eigenvalue weighted by atomic mass is 16.5. The van der Waals surface area contributed by atoms with Crippen molar-refractivity contribution >= 4 is 41.0 Å². The van der Waals surface area contributed by atoms with Gasteiger partial charge in [-0.25, -0.2) is 9.78 Å². The molecule has 44 heavy (non-hydrogen) atoms. The van der Waals surface area contributed by atoms with Gasteiger partial charge in [0.1, 0.15) is 11.6 Å². The summed E-state index contributed by atoms with van der Waals surface area (Å²) in [6.07, 6.45) is 2.39. The zero-order valence-electron chi connectivity index (χ0n) is 25.0. The van der Waals surface area contributed by atoms with Crippen molar-refractivity contribution in [1.29, 1.82) is 0 Å². The lowest BCUT2D eigenvalue weighted by Gasteiger charge is -2.25. The average Bonchev–Trinajstić information content (AvgIpc) is 3.02. The van der Waals surface area contributed by atoms with E-state index in [4.69, 9.17) is 9.47 Å². The molecule has 1 atom stereocenters. The minimum absolute atomic E-state index is 0.0365. The Morgan fingerprint density at radius 3 is 2.43 bits per heavy atom. The Labute approximate surface area is 255 Å². The van der Waals surface area contributed by atoms with Crippen LogP contribution in [0, 0.1) is 12.8 Å². The van der Waals surface area contributed by atoms with Gasteiger partial charge in [0.15, 0.2) is 0 Å². The second-order valence-electron chi connectivity index (χ2n) is 10.6. The lowest BCUT2D eigenvalue weighted by atomic mass is 9.97. The quantitative estimate of drug-likeness (QED) is 0.252. The van der Waals surface area contributed by atoms with Crippen LogP contribution < -0.4 is 25.6 Å². The van der Waals surface area contributed by atoms with Gasteiger partial charge in [-0.05, 0) is 60.7 Å². The Bertz CT molecular complexity index is 1490. The number of likely N-dealkylation sites (N-methyl/N-ethyl adjacent to an activating group) is 1. The third kappa shape index (κ3) is 8.54. The summed E-state index contributed by atoms with van der Waals surface area (Å²) in [4.78, 5) is 55.7. The number of carbonyl (C=O) groups is 4. The number of carbonyl (C=O) groups excluding carboxylic acids is 3. The summed E-state index contributed by atoms with van der Waals surface area (Å²) in [5.41, 5.74) is 3.25. The molecule has 0 radical (unpaired) electrons. The Balaban J connectivity index is 1.38. The number of hydrogen-bond acceptors (Lipinski definition) is 7. The second-order valence-corrected chi connectivity index (χ2v) is 10.6. The predicted octanol–water partition coefficient (Wildman–Crippen LogP) is 4.31. The number of para-hydroxylation sites is 1. The van der Waals surface area contributed by atoms with E-state index in [9.17, 15) is 24.3 Å². The molecule has 0 bridgehead atoms. The average molecular weight is 604 g/mol. The highest BCUT2D eigenvalue weighted by Crippen LogP contribution is 2.27. The fourth-order valence-corrected chi connectivity index (χ4v) is 4.84. The first-order chi connectivity index (χ1) is 21.1. The molecule has 232 valence electrons. The van der Waals surface area contributed by atoms with Crippen molar-refractivity contribution in [2.75, 3.05) is 42.9 Å². The summed E-state index contributed by atoms with van der Waals surface area (Å²) in [6.45, 7) is 2.89. The van der Waals surface area contributed by atoms with Crippen LogP contribution >= 0.6 is 0 Å². The first-order valence-electron chi connectivity index (χ1n) is 14.3. The Kier molecular flexibility index (Phi) is 10.9. The molecular weight excluding hydrogens is 566 g/mol. The molecule has 4 rings (SSSR count). The molecule has 0 aliphatic carbocycles. The zero-order valence-corrected chi connectivity index (χ0v) is 25.0. The molecule has 1 aliphatic heterocycles. The third-order valence-corrected chi connectivity index (χ3v) is 7.44. The topological polar surface area (TPSA) is 159 Å². The number of rotatable bonds is 11. The molecule has 12 nitrogen and oxygen atoms in total. The highest BCUT2D eigenvalue weighted by molar-refractivity contribution is 6.01. The lowest BCUT2D eigenvalue weighted by molar-refractivity contribution is -0.138. The standard InChI is InChI=1S/C32H37N5O7/c1-20-6-4-5-7-24(20)35-32(42)36-25-10-8-21(16-27(25)43-3)17-29(38)37(2)28-11-9-23(19-33-28)26(18-30(39)40)34-31(41)22-12-14-44-15-13-22/h4-11,16,19,22,26H,12-15,17-18H2,1-3H3,(H,34,41)(H,39,40)(H2,35,36,42). The Morgan fingerprint density at radius 2 is 1.77 bits per heavy atom. The molecule has 2 aromatic carbocycles. The van der Waals surface area contributed by atoms with E-state index in [-0.39, 0.29) is 30.6 Å². The number of anilines is 3. The van der Waals surface area contributed by atoms with Crippen LogP contribution in [0.25, 0.3) is 0 Å². The van der Waals surface area contributed by atoms with Gasteiger partial charge in [0.2, 0.25) is 11.8 Å². The molecule has 1 saturated heterocycles. The second kappa shape index (κ2) is 15.0. The van der Waals surface area contributed by atoms with Crippen LogP contribution in [0.3, 0.4) is 0 Å². The third-order valence-electron chi connectivity index (χ3n) is 7.44. The van der Waals surface area contributed by atoms with Crippen LogP contribution in [-0.2, 0) is 25.5 Å². The van der Waals surface area contributed by atoms with Gasteiger partial charge < -0.3 is 30.5 Å². The number of pyridine rings is 1. The molecular formula is C32H37N5O7.